The summed E-state index contributed by atoms with van der Waals surface area (Å²) in [6, 6.07) is 10.5. The number of fused-ring (bicyclic) bond motifs is 1. The van der Waals surface area contributed by atoms with E-state index in [4.69, 9.17) is 14.2 Å². The third-order valence-electron chi connectivity index (χ3n) is 4.38. The van der Waals surface area contributed by atoms with E-state index in [-0.39, 0.29) is 6.61 Å². The summed E-state index contributed by atoms with van der Waals surface area (Å²) in [5.74, 6) is 0.497. The Morgan fingerprint density at radius 2 is 1.81 bits per heavy atom. The van der Waals surface area contributed by atoms with Gasteiger partial charge < -0.3 is 19.5 Å². The summed E-state index contributed by atoms with van der Waals surface area (Å²) in [5, 5.41) is 7.01. The topological polar surface area (TPSA) is 117 Å². The van der Waals surface area contributed by atoms with Crippen LogP contribution in [0.5, 0.6) is 11.5 Å². The first-order chi connectivity index (χ1) is 14.9. The zero-order valence-electron chi connectivity index (χ0n) is 17.3. The molecule has 1 aliphatic heterocycles. The lowest BCUT2D eigenvalue weighted by atomic mass is 10.2. The number of esters is 1. The maximum absolute atomic E-state index is 12.4. The third kappa shape index (κ3) is 4.63. The van der Waals surface area contributed by atoms with E-state index < -0.39 is 24.6 Å². The highest BCUT2D eigenvalue weighted by Gasteiger charge is 2.29. The van der Waals surface area contributed by atoms with Crippen molar-refractivity contribution in [2.24, 2.45) is 0 Å². The molecule has 31 heavy (non-hydrogen) atoms. The maximum atomic E-state index is 12.4. The number of amides is 1. The molecule has 2 aromatic heterocycles. The van der Waals surface area contributed by atoms with Crippen LogP contribution in [0.15, 0.2) is 36.4 Å². The lowest BCUT2D eigenvalue weighted by Gasteiger charge is -2.24. The molecule has 160 valence electrons. The molecule has 10 heteroatoms. The number of carbonyl (C=O) groups excluding carboxylic acids is 2. The van der Waals surface area contributed by atoms with Crippen LogP contribution in [0.3, 0.4) is 0 Å². The minimum Gasteiger partial charge on any atom is -0.485 e. The number of benzene rings is 1. The van der Waals surface area contributed by atoms with Crippen LogP contribution in [0.25, 0.3) is 5.95 Å². The molecule has 1 aliphatic rings. The maximum Gasteiger partial charge on any atom is 0.351 e. The smallest absolute Gasteiger partial charge is 0.351 e. The molecular formula is C21H21N5O5. The van der Waals surface area contributed by atoms with Crippen LogP contribution in [-0.4, -0.2) is 50.9 Å². The van der Waals surface area contributed by atoms with Crippen LogP contribution >= 0.6 is 0 Å². The van der Waals surface area contributed by atoms with Crippen molar-refractivity contribution in [1.29, 1.82) is 0 Å². The SMILES string of the molecule is Cc1cc(C)nc(-n2nc(C)cc2NC(=O)COC(=O)C2COc3ccccc3O2)n1. The molecule has 1 N–H and O–H groups in total. The molecular weight excluding hydrogens is 402 g/mol. The van der Waals surface area contributed by atoms with Gasteiger partial charge in [0, 0.05) is 17.5 Å². The number of rotatable bonds is 5. The van der Waals surface area contributed by atoms with E-state index in [0.717, 1.165) is 11.4 Å². The largest absolute Gasteiger partial charge is 0.485 e. The second-order valence-corrected chi connectivity index (χ2v) is 7.05. The summed E-state index contributed by atoms with van der Waals surface area (Å²) in [7, 11) is 0. The van der Waals surface area contributed by atoms with Gasteiger partial charge >= 0.3 is 5.97 Å². The Labute approximate surface area is 178 Å². The van der Waals surface area contributed by atoms with Crippen molar-refractivity contribution in [1.82, 2.24) is 19.7 Å². The van der Waals surface area contributed by atoms with Crippen LogP contribution in [0, 0.1) is 20.8 Å². The van der Waals surface area contributed by atoms with Gasteiger partial charge in [-0.15, -0.1) is 0 Å². The quantitative estimate of drug-likeness (QED) is 0.619. The molecule has 0 spiro atoms. The van der Waals surface area contributed by atoms with E-state index in [0.29, 0.717) is 29.0 Å². The minimum atomic E-state index is -0.945. The van der Waals surface area contributed by atoms with Gasteiger partial charge in [-0.05, 0) is 39.0 Å². The van der Waals surface area contributed by atoms with Crippen LogP contribution in [0.2, 0.25) is 0 Å². The number of aromatic nitrogens is 4. The molecule has 0 radical (unpaired) electrons. The predicted octanol–water partition coefficient (Wildman–Crippen LogP) is 1.91. The molecule has 0 saturated heterocycles. The highest BCUT2D eigenvalue weighted by Crippen LogP contribution is 2.31. The van der Waals surface area contributed by atoms with Crippen LogP contribution in [-0.2, 0) is 14.3 Å². The van der Waals surface area contributed by atoms with Gasteiger partial charge in [0.15, 0.2) is 18.1 Å². The molecule has 10 nitrogen and oxygen atoms in total. The fourth-order valence-corrected chi connectivity index (χ4v) is 3.09. The van der Waals surface area contributed by atoms with E-state index in [9.17, 15) is 9.59 Å². The zero-order chi connectivity index (χ0) is 22.0. The number of anilines is 1. The Morgan fingerprint density at radius 3 is 2.55 bits per heavy atom. The highest BCUT2D eigenvalue weighted by atomic mass is 16.6. The van der Waals surface area contributed by atoms with Crippen LogP contribution < -0.4 is 14.8 Å². The van der Waals surface area contributed by atoms with Crippen molar-refractivity contribution in [2.45, 2.75) is 26.9 Å². The number of aryl methyl sites for hydroxylation is 3. The molecule has 3 heterocycles. The van der Waals surface area contributed by atoms with Gasteiger partial charge in [0.1, 0.15) is 12.4 Å². The number of nitrogens with one attached hydrogen (secondary N) is 1. The molecule has 3 aromatic rings. The number of hydrogen-bond donors (Lipinski definition) is 1. The second kappa shape index (κ2) is 8.42. The molecule has 1 atom stereocenters. The standard InChI is InChI=1S/C21H21N5O5/c1-12-8-13(2)23-21(22-12)26-18(9-14(3)25-26)24-19(27)11-30-20(28)17-10-29-15-6-4-5-7-16(15)31-17/h4-9,17H,10-11H2,1-3H3,(H,24,27). The number of carbonyl (C=O) groups is 2. The van der Waals surface area contributed by atoms with E-state index in [1.165, 1.54) is 4.68 Å². The molecule has 0 fully saturated rings. The first-order valence-electron chi connectivity index (χ1n) is 9.63. The van der Waals surface area contributed by atoms with Gasteiger partial charge in [-0.25, -0.2) is 14.8 Å². The van der Waals surface area contributed by atoms with Gasteiger partial charge in [-0.2, -0.15) is 9.78 Å². The van der Waals surface area contributed by atoms with Gasteiger partial charge in [0.2, 0.25) is 6.10 Å². The Kier molecular flexibility index (Phi) is 5.52. The Morgan fingerprint density at radius 1 is 1.10 bits per heavy atom. The summed E-state index contributed by atoms with van der Waals surface area (Å²) in [6.45, 7) is 5.00. The Balaban J connectivity index is 1.38. The normalized spacial score (nSPS) is 14.7. The molecule has 4 rings (SSSR count). The van der Waals surface area contributed by atoms with E-state index in [2.05, 4.69) is 20.4 Å². The summed E-state index contributed by atoms with van der Waals surface area (Å²) in [4.78, 5) is 33.4. The summed E-state index contributed by atoms with van der Waals surface area (Å²) in [5.41, 5.74) is 2.22. The first-order valence-corrected chi connectivity index (χ1v) is 9.63. The van der Waals surface area contributed by atoms with Gasteiger partial charge in [0.25, 0.3) is 11.9 Å². The Hall–Kier alpha value is -3.95. The molecule has 1 amide bonds. The van der Waals surface area contributed by atoms with Crippen molar-refractivity contribution in [3.63, 3.8) is 0 Å². The van der Waals surface area contributed by atoms with Gasteiger partial charge in [-0.3, -0.25) is 4.79 Å². The summed E-state index contributed by atoms with van der Waals surface area (Å²) < 4.78 is 17.6. The average Bonchev–Trinajstić information content (AvgIpc) is 3.11. The fourth-order valence-electron chi connectivity index (χ4n) is 3.09. The monoisotopic (exact) mass is 423 g/mol. The number of ether oxygens (including phenoxy) is 3. The lowest BCUT2D eigenvalue weighted by Crippen LogP contribution is -2.39. The third-order valence-corrected chi connectivity index (χ3v) is 4.38. The summed E-state index contributed by atoms with van der Waals surface area (Å²) in [6.07, 6.45) is -0.945. The van der Waals surface area contributed by atoms with Crippen molar-refractivity contribution < 1.29 is 23.8 Å². The fraction of sp³-hybridized carbons (Fsp3) is 0.286. The number of hydrogen-bond acceptors (Lipinski definition) is 8. The molecule has 0 saturated carbocycles. The first kappa shape index (κ1) is 20.3. The number of para-hydroxylation sites is 2. The van der Waals surface area contributed by atoms with E-state index in [1.54, 1.807) is 37.3 Å². The molecule has 1 unspecified atom stereocenters. The summed E-state index contributed by atoms with van der Waals surface area (Å²) >= 11 is 0. The van der Waals surface area contributed by atoms with Crippen LogP contribution in [0.4, 0.5) is 5.82 Å². The molecule has 0 bridgehead atoms. The second-order valence-electron chi connectivity index (χ2n) is 7.05. The van der Waals surface area contributed by atoms with Gasteiger partial charge in [-0.1, -0.05) is 12.1 Å². The molecule has 0 aliphatic carbocycles. The predicted molar refractivity (Wildman–Crippen MR) is 109 cm³/mol. The Bertz CT molecular complexity index is 1120. The highest BCUT2D eigenvalue weighted by molar-refractivity contribution is 5.92. The van der Waals surface area contributed by atoms with Crippen molar-refractivity contribution in [3.05, 3.63) is 53.5 Å². The zero-order valence-corrected chi connectivity index (χ0v) is 17.3. The lowest BCUT2D eigenvalue weighted by molar-refractivity contribution is -0.156. The number of nitrogens with zero attached hydrogens (tertiary/aromatic N) is 4. The van der Waals surface area contributed by atoms with Crippen LogP contribution in [0.1, 0.15) is 17.1 Å². The van der Waals surface area contributed by atoms with E-state index >= 15 is 0 Å². The van der Waals surface area contributed by atoms with Crippen molar-refractivity contribution in [2.75, 3.05) is 18.5 Å². The van der Waals surface area contributed by atoms with Gasteiger partial charge in [0.05, 0.1) is 5.69 Å². The minimum absolute atomic E-state index is 0.00742. The van der Waals surface area contributed by atoms with E-state index in [1.807, 2.05) is 19.9 Å². The van der Waals surface area contributed by atoms with Crippen molar-refractivity contribution in [3.8, 4) is 17.4 Å². The average molecular weight is 423 g/mol. The van der Waals surface area contributed by atoms with Crippen molar-refractivity contribution >= 4 is 17.7 Å². The molecule has 1 aromatic carbocycles.